The van der Waals surface area contributed by atoms with Crippen molar-refractivity contribution in [1.82, 2.24) is 24.9 Å². The summed E-state index contributed by atoms with van der Waals surface area (Å²) in [5.41, 5.74) is 8.97. The molecule has 2 N–H and O–H groups in total. The fourth-order valence-corrected chi connectivity index (χ4v) is 5.50. The Morgan fingerprint density at radius 2 is 1.71 bits per heavy atom. The molecule has 2 fully saturated rings. The molecule has 10 heteroatoms. The molecule has 2 aromatic heterocycles. The van der Waals surface area contributed by atoms with E-state index in [4.69, 9.17) is 22.4 Å². The number of anilines is 1. The summed E-state index contributed by atoms with van der Waals surface area (Å²) in [5.74, 6) is 0.350. The van der Waals surface area contributed by atoms with Gasteiger partial charge in [0.2, 0.25) is 11.8 Å². The van der Waals surface area contributed by atoms with E-state index >= 15 is 0 Å². The molecule has 3 aromatic rings. The standard InChI is InChI=1S/C25H30ClN7O2/c1-15-21-16(2)33(20-7-5-19(26)6-8-20)30-22(21)24(29-28-15)32-11-3-4-18(14-32)25(35)31-12-9-17(10-13-31)23(27)34/h5-8,17-18H,3-4,9-14H2,1-2H3,(H2,27,34). The summed E-state index contributed by atoms with van der Waals surface area (Å²) in [7, 11) is 0. The van der Waals surface area contributed by atoms with Crippen molar-refractivity contribution in [2.75, 3.05) is 31.1 Å². The van der Waals surface area contributed by atoms with Crippen LogP contribution in [0.15, 0.2) is 24.3 Å². The third-order valence-corrected chi connectivity index (χ3v) is 7.59. The van der Waals surface area contributed by atoms with E-state index in [1.165, 1.54) is 0 Å². The molecule has 2 aliphatic rings. The minimum atomic E-state index is -0.267. The molecule has 0 aliphatic carbocycles. The Morgan fingerprint density at radius 1 is 1.00 bits per heavy atom. The fourth-order valence-electron chi connectivity index (χ4n) is 5.37. The molecular weight excluding hydrogens is 466 g/mol. The lowest BCUT2D eigenvalue weighted by molar-refractivity contribution is -0.138. The molecule has 35 heavy (non-hydrogen) atoms. The molecule has 184 valence electrons. The van der Waals surface area contributed by atoms with Crippen molar-refractivity contribution in [3.8, 4) is 5.69 Å². The van der Waals surface area contributed by atoms with E-state index in [2.05, 4.69) is 15.1 Å². The van der Waals surface area contributed by atoms with Gasteiger partial charge in [-0.25, -0.2) is 4.68 Å². The van der Waals surface area contributed by atoms with E-state index in [0.717, 1.165) is 47.4 Å². The van der Waals surface area contributed by atoms with Crippen molar-refractivity contribution in [3.63, 3.8) is 0 Å². The second-order valence-electron chi connectivity index (χ2n) is 9.59. The SMILES string of the molecule is Cc1nnc(N2CCCC(C(=O)N3CCC(C(N)=O)CC3)C2)c2nn(-c3ccc(Cl)cc3)c(C)c12. The topological polar surface area (TPSA) is 110 Å². The lowest BCUT2D eigenvalue weighted by atomic mass is 9.92. The van der Waals surface area contributed by atoms with Gasteiger partial charge in [0.1, 0.15) is 5.52 Å². The lowest BCUT2D eigenvalue weighted by Gasteiger charge is -2.37. The van der Waals surface area contributed by atoms with Gasteiger partial charge >= 0.3 is 0 Å². The van der Waals surface area contributed by atoms with Crippen LogP contribution >= 0.6 is 11.6 Å². The molecule has 0 radical (unpaired) electrons. The summed E-state index contributed by atoms with van der Waals surface area (Å²) < 4.78 is 1.90. The van der Waals surface area contributed by atoms with Crippen LogP contribution in [0.3, 0.4) is 0 Å². The van der Waals surface area contributed by atoms with Gasteiger partial charge in [0.15, 0.2) is 5.82 Å². The summed E-state index contributed by atoms with van der Waals surface area (Å²) in [6.07, 6.45) is 3.01. The maximum Gasteiger partial charge on any atom is 0.227 e. The van der Waals surface area contributed by atoms with Gasteiger partial charge in [0, 0.05) is 37.1 Å². The first kappa shape index (κ1) is 23.5. The van der Waals surface area contributed by atoms with E-state index in [1.54, 1.807) is 0 Å². The number of aryl methyl sites for hydroxylation is 2. The van der Waals surface area contributed by atoms with Gasteiger partial charge in [0.05, 0.1) is 28.4 Å². The summed E-state index contributed by atoms with van der Waals surface area (Å²) in [5, 5.41) is 15.5. The molecule has 5 rings (SSSR count). The molecule has 0 bridgehead atoms. The van der Waals surface area contributed by atoms with Crippen molar-refractivity contribution < 1.29 is 9.59 Å². The second kappa shape index (κ2) is 9.45. The summed E-state index contributed by atoms with van der Waals surface area (Å²) >= 11 is 6.08. The largest absolute Gasteiger partial charge is 0.369 e. The molecule has 0 saturated carbocycles. The van der Waals surface area contributed by atoms with Crippen LogP contribution in [0.4, 0.5) is 5.82 Å². The minimum Gasteiger partial charge on any atom is -0.369 e. The number of amides is 2. The number of carbonyl (C=O) groups is 2. The number of nitrogens with zero attached hydrogens (tertiary/aromatic N) is 6. The minimum absolute atomic E-state index is 0.119. The molecule has 2 aliphatic heterocycles. The molecular formula is C25H30ClN7O2. The molecule has 9 nitrogen and oxygen atoms in total. The summed E-state index contributed by atoms with van der Waals surface area (Å²) in [4.78, 5) is 28.8. The average molecular weight is 496 g/mol. The van der Waals surface area contributed by atoms with Crippen molar-refractivity contribution in [2.45, 2.75) is 39.5 Å². The molecule has 1 aromatic carbocycles. The highest BCUT2D eigenvalue weighted by Gasteiger charge is 2.34. The fraction of sp³-hybridized carbons (Fsp3) is 0.480. The van der Waals surface area contributed by atoms with E-state index < -0.39 is 0 Å². The smallest absolute Gasteiger partial charge is 0.227 e. The Balaban J connectivity index is 1.40. The molecule has 2 amide bonds. The van der Waals surface area contributed by atoms with Gasteiger partial charge in [-0.3, -0.25) is 9.59 Å². The Morgan fingerprint density at radius 3 is 2.40 bits per heavy atom. The van der Waals surface area contributed by atoms with Crippen LogP contribution in [0, 0.1) is 25.7 Å². The molecule has 1 unspecified atom stereocenters. The van der Waals surface area contributed by atoms with Gasteiger partial charge in [-0.15, -0.1) is 5.10 Å². The number of aromatic nitrogens is 4. The maximum absolute atomic E-state index is 13.3. The Labute approximate surface area is 209 Å². The van der Waals surface area contributed by atoms with Gasteiger partial charge < -0.3 is 15.5 Å². The monoisotopic (exact) mass is 495 g/mol. The Kier molecular flexibility index (Phi) is 6.35. The van der Waals surface area contributed by atoms with Crippen LogP contribution in [-0.4, -0.2) is 62.9 Å². The third-order valence-electron chi connectivity index (χ3n) is 7.34. The van der Waals surface area contributed by atoms with Crippen LogP contribution in [0.2, 0.25) is 5.02 Å². The maximum atomic E-state index is 13.3. The highest BCUT2D eigenvalue weighted by molar-refractivity contribution is 6.30. The molecule has 1 atom stereocenters. The van der Waals surface area contributed by atoms with Gasteiger partial charge in [-0.05, 0) is 63.8 Å². The van der Waals surface area contributed by atoms with Crippen LogP contribution in [-0.2, 0) is 9.59 Å². The first-order valence-corrected chi connectivity index (χ1v) is 12.5. The van der Waals surface area contributed by atoms with E-state index in [9.17, 15) is 9.59 Å². The Bertz CT molecular complexity index is 1270. The molecule has 2 saturated heterocycles. The van der Waals surface area contributed by atoms with Crippen LogP contribution in [0.5, 0.6) is 0 Å². The zero-order valence-corrected chi connectivity index (χ0v) is 20.8. The number of hydrogen-bond donors (Lipinski definition) is 1. The predicted octanol–water partition coefficient (Wildman–Crippen LogP) is 3.03. The predicted molar refractivity (Wildman–Crippen MR) is 135 cm³/mol. The number of rotatable bonds is 4. The summed E-state index contributed by atoms with van der Waals surface area (Å²) in [6.45, 7) is 6.52. The van der Waals surface area contributed by atoms with Gasteiger partial charge in [-0.1, -0.05) is 11.6 Å². The first-order valence-electron chi connectivity index (χ1n) is 12.1. The normalized spacial score (nSPS) is 19.3. The second-order valence-corrected chi connectivity index (χ2v) is 10.0. The number of hydrogen-bond acceptors (Lipinski definition) is 6. The quantitative estimate of drug-likeness (QED) is 0.595. The zero-order chi connectivity index (χ0) is 24.7. The highest BCUT2D eigenvalue weighted by atomic mass is 35.5. The van der Waals surface area contributed by atoms with E-state index in [1.807, 2.05) is 47.7 Å². The van der Waals surface area contributed by atoms with Crippen molar-refractivity contribution >= 4 is 40.1 Å². The number of fused-ring (bicyclic) bond motifs is 1. The summed E-state index contributed by atoms with van der Waals surface area (Å²) in [6, 6.07) is 7.57. The highest BCUT2D eigenvalue weighted by Crippen LogP contribution is 2.32. The lowest BCUT2D eigenvalue weighted by Crippen LogP contribution is -2.48. The third kappa shape index (κ3) is 4.45. The Hall–Kier alpha value is -3.20. The number of piperidine rings is 2. The number of nitrogens with two attached hydrogens (primary N) is 1. The van der Waals surface area contributed by atoms with E-state index in [0.29, 0.717) is 43.3 Å². The van der Waals surface area contributed by atoms with Crippen LogP contribution < -0.4 is 10.6 Å². The first-order chi connectivity index (χ1) is 16.8. The van der Waals surface area contributed by atoms with Crippen molar-refractivity contribution in [3.05, 3.63) is 40.7 Å². The van der Waals surface area contributed by atoms with Crippen LogP contribution in [0.25, 0.3) is 16.6 Å². The van der Waals surface area contributed by atoms with Crippen molar-refractivity contribution in [2.24, 2.45) is 17.6 Å². The number of likely N-dealkylation sites (tertiary alicyclic amines) is 1. The molecule has 4 heterocycles. The van der Waals surface area contributed by atoms with Crippen molar-refractivity contribution in [1.29, 1.82) is 0 Å². The van der Waals surface area contributed by atoms with Crippen LogP contribution in [0.1, 0.15) is 37.1 Å². The van der Waals surface area contributed by atoms with Gasteiger partial charge in [0.25, 0.3) is 0 Å². The van der Waals surface area contributed by atoms with Gasteiger partial charge in [-0.2, -0.15) is 10.2 Å². The average Bonchev–Trinajstić information content (AvgIpc) is 3.22. The number of carbonyl (C=O) groups excluding carboxylic acids is 2. The number of halogens is 1. The van der Waals surface area contributed by atoms with E-state index in [-0.39, 0.29) is 23.7 Å². The number of primary amides is 1. The zero-order valence-electron chi connectivity index (χ0n) is 20.1. The number of benzene rings is 1. The molecule has 0 spiro atoms.